The van der Waals surface area contributed by atoms with E-state index in [0.717, 1.165) is 70.6 Å². The van der Waals surface area contributed by atoms with Crippen molar-refractivity contribution in [2.45, 2.75) is 186 Å². The number of unbranched alkanes of at least 4 members (excludes halogenated alkanes) is 1. The fourth-order valence-corrected chi connectivity index (χ4v) is 9.63. The number of carbonyl (C=O) groups excluding carboxylic acids is 5. The zero-order valence-electron chi connectivity index (χ0n) is 32.9. The molecule has 4 atom stereocenters. The van der Waals surface area contributed by atoms with E-state index >= 15 is 0 Å². The highest BCUT2D eigenvalue weighted by molar-refractivity contribution is 7.92. The third kappa shape index (κ3) is 10.7. The van der Waals surface area contributed by atoms with E-state index in [1.54, 1.807) is 25.7 Å². The molecule has 296 valence electrons. The van der Waals surface area contributed by atoms with E-state index < -0.39 is 61.9 Å². The number of piperidine rings is 1. The second-order valence-electron chi connectivity index (χ2n) is 18.1. The number of carbonyl (C=O) groups is 5. The van der Waals surface area contributed by atoms with Crippen molar-refractivity contribution < 1.29 is 32.4 Å². The van der Waals surface area contributed by atoms with E-state index in [2.05, 4.69) is 42.0 Å². The normalized spacial score (nSPS) is 24.9. The Hall–Kier alpha value is -2.70. The van der Waals surface area contributed by atoms with Crippen molar-refractivity contribution >= 4 is 39.4 Å². The van der Waals surface area contributed by atoms with Gasteiger partial charge in [0.15, 0.2) is 9.84 Å². The molecule has 1 heterocycles. The molecule has 52 heavy (non-hydrogen) atoms. The van der Waals surface area contributed by atoms with Gasteiger partial charge in [-0.05, 0) is 89.4 Å². The predicted octanol–water partition coefficient (Wildman–Crippen LogP) is 4.94. The van der Waals surface area contributed by atoms with E-state index in [-0.39, 0.29) is 35.0 Å². The van der Waals surface area contributed by atoms with Crippen LogP contribution in [0.15, 0.2) is 0 Å². The van der Waals surface area contributed by atoms with Crippen LogP contribution in [0.4, 0.5) is 4.79 Å². The molecule has 3 aliphatic carbocycles. The minimum absolute atomic E-state index is 0.00465. The van der Waals surface area contributed by atoms with Gasteiger partial charge in [-0.25, -0.2) is 13.2 Å². The first-order chi connectivity index (χ1) is 24.3. The van der Waals surface area contributed by atoms with Crippen LogP contribution in [0.3, 0.4) is 0 Å². The number of amides is 5. The summed E-state index contributed by atoms with van der Waals surface area (Å²) in [6.07, 6.45) is 11.8. The number of likely N-dealkylation sites (tertiary alicyclic amines) is 1. The van der Waals surface area contributed by atoms with Crippen LogP contribution in [0.1, 0.15) is 151 Å². The maximum atomic E-state index is 14.8. The van der Waals surface area contributed by atoms with Gasteiger partial charge in [-0.1, -0.05) is 79.1 Å². The lowest BCUT2D eigenvalue weighted by atomic mass is 9.71. The number of nitrogens with one attached hydrogen (secondary N) is 4. The van der Waals surface area contributed by atoms with Crippen LogP contribution in [0, 0.1) is 17.3 Å². The standard InChI is InChI=1S/C39H67N5O7S/c1-8-9-18-29(32(45)34(47)40-28-19-20-28)41-33(46)30-23-38(6,7)26(2)24-44(30)35(48)31(27-16-12-10-13-17-27)42-36(49)43-39(21-14-11-15-22-39)25-52(50,51)37(3,4)5/h26-31H,8-25H2,1-7H3,(H,40,47)(H,41,46)(H2,42,43,49)/t26?,29-,30-,31-/m0/s1. The maximum Gasteiger partial charge on any atom is 0.315 e. The molecular weight excluding hydrogens is 683 g/mol. The Balaban J connectivity index is 1.60. The van der Waals surface area contributed by atoms with Crippen molar-refractivity contribution in [2.75, 3.05) is 12.3 Å². The Morgan fingerprint density at radius 3 is 2.08 bits per heavy atom. The highest BCUT2D eigenvalue weighted by Crippen LogP contribution is 2.40. The van der Waals surface area contributed by atoms with E-state index in [1.807, 2.05) is 6.92 Å². The van der Waals surface area contributed by atoms with Crippen molar-refractivity contribution in [3.05, 3.63) is 0 Å². The summed E-state index contributed by atoms with van der Waals surface area (Å²) < 4.78 is 25.9. The average Bonchev–Trinajstić information content (AvgIpc) is 3.89. The minimum atomic E-state index is -3.56. The largest absolute Gasteiger partial charge is 0.347 e. The molecule has 0 spiro atoms. The van der Waals surface area contributed by atoms with Gasteiger partial charge in [0.05, 0.1) is 22.1 Å². The SMILES string of the molecule is CCCC[C@H](NC(=O)[C@@H]1CC(C)(C)C(C)CN1C(=O)[C@@H](NC(=O)NC1(CS(=O)(=O)C(C)(C)C)CCCCC1)C1CCCCC1)C(=O)C(=O)NC1CC1. The van der Waals surface area contributed by atoms with E-state index in [9.17, 15) is 32.4 Å². The van der Waals surface area contributed by atoms with Gasteiger partial charge >= 0.3 is 6.03 Å². The van der Waals surface area contributed by atoms with Crippen LogP contribution in [0.2, 0.25) is 0 Å². The first-order valence-corrected chi connectivity index (χ1v) is 21.7. The molecule has 4 fully saturated rings. The first-order valence-electron chi connectivity index (χ1n) is 20.1. The molecule has 5 amide bonds. The van der Waals surface area contributed by atoms with Crippen LogP contribution in [-0.4, -0.2) is 89.6 Å². The summed E-state index contributed by atoms with van der Waals surface area (Å²) in [7, 11) is -3.56. The summed E-state index contributed by atoms with van der Waals surface area (Å²) in [5.74, 6) is -2.44. The van der Waals surface area contributed by atoms with Gasteiger partial charge in [-0.3, -0.25) is 19.2 Å². The van der Waals surface area contributed by atoms with Crippen LogP contribution in [0.25, 0.3) is 0 Å². The van der Waals surface area contributed by atoms with Gasteiger partial charge in [0.2, 0.25) is 17.6 Å². The molecule has 4 aliphatic rings. The lowest BCUT2D eigenvalue weighted by molar-refractivity contribution is -0.151. The van der Waals surface area contributed by atoms with Gasteiger partial charge in [-0.2, -0.15) is 0 Å². The molecule has 4 rings (SSSR count). The Kier molecular flexibility index (Phi) is 13.9. The van der Waals surface area contributed by atoms with Crippen molar-refractivity contribution in [2.24, 2.45) is 17.3 Å². The van der Waals surface area contributed by atoms with Gasteiger partial charge in [0.1, 0.15) is 12.1 Å². The van der Waals surface area contributed by atoms with Crippen molar-refractivity contribution in [3.63, 3.8) is 0 Å². The lowest BCUT2D eigenvalue weighted by Crippen LogP contribution is -2.65. The second-order valence-corrected chi connectivity index (χ2v) is 20.8. The molecular formula is C39H67N5O7S. The minimum Gasteiger partial charge on any atom is -0.347 e. The van der Waals surface area contributed by atoms with Crippen LogP contribution < -0.4 is 21.3 Å². The molecule has 0 aromatic carbocycles. The third-order valence-corrected chi connectivity index (χ3v) is 15.2. The molecule has 3 saturated carbocycles. The summed E-state index contributed by atoms with van der Waals surface area (Å²) in [5.41, 5.74) is -1.24. The van der Waals surface area contributed by atoms with Crippen LogP contribution in [0.5, 0.6) is 0 Å². The van der Waals surface area contributed by atoms with Gasteiger partial charge in [0, 0.05) is 12.6 Å². The highest BCUT2D eigenvalue weighted by Gasteiger charge is 2.48. The molecule has 0 aromatic heterocycles. The average molecular weight is 750 g/mol. The zero-order chi connectivity index (χ0) is 38.5. The molecule has 1 aliphatic heterocycles. The predicted molar refractivity (Wildman–Crippen MR) is 202 cm³/mol. The van der Waals surface area contributed by atoms with Crippen molar-refractivity contribution in [3.8, 4) is 0 Å². The number of rotatable bonds is 14. The van der Waals surface area contributed by atoms with Gasteiger partial charge in [-0.15, -0.1) is 0 Å². The molecule has 4 N–H and O–H groups in total. The molecule has 1 unspecified atom stereocenters. The highest BCUT2D eigenvalue weighted by atomic mass is 32.2. The number of nitrogens with zero attached hydrogens (tertiary/aromatic N) is 1. The Morgan fingerprint density at radius 2 is 1.50 bits per heavy atom. The maximum absolute atomic E-state index is 14.8. The van der Waals surface area contributed by atoms with Gasteiger partial charge < -0.3 is 26.2 Å². The van der Waals surface area contributed by atoms with E-state index in [0.29, 0.717) is 38.6 Å². The Morgan fingerprint density at radius 1 is 0.885 bits per heavy atom. The number of sulfone groups is 1. The summed E-state index contributed by atoms with van der Waals surface area (Å²) in [4.78, 5) is 70.7. The topological polar surface area (TPSA) is 171 Å². The lowest BCUT2D eigenvalue weighted by Gasteiger charge is -2.48. The van der Waals surface area contributed by atoms with Crippen molar-refractivity contribution in [1.29, 1.82) is 0 Å². The number of Topliss-reactive ketones (excluding diaryl/α,β-unsaturated/α-hetero) is 1. The monoisotopic (exact) mass is 749 g/mol. The molecule has 1 saturated heterocycles. The quantitative estimate of drug-likeness (QED) is 0.182. The first kappa shape index (κ1) is 42.0. The zero-order valence-corrected chi connectivity index (χ0v) is 33.7. The van der Waals surface area contributed by atoms with E-state index in [4.69, 9.17) is 0 Å². The number of urea groups is 1. The molecule has 0 bridgehead atoms. The molecule has 0 aromatic rings. The fourth-order valence-electron chi connectivity index (χ4n) is 8.10. The van der Waals surface area contributed by atoms with Crippen LogP contribution in [-0.2, 0) is 29.0 Å². The summed E-state index contributed by atoms with van der Waals surface area (Å²) >= 11 is 0. The summed E-state index contributed by atoms with van der Waals surface area (Å²) in [5, 5.41) is 11.7. The fraction of sp³-hybridized carbons (Fsp3) is 0.872. The molecule has 0 radical (unpaired) electrons. The molecule has 12 nitrogen and oxygen atoms in total. The van der Waals surface area contributed by atoms with Crippen molar-refractivity contribution in [1.82, 2.24) is 26.2 Å². The molecule has 13 heteroatoms. The Labute approximate surface area is 312 Å². The van der Waals surface area contributed by atoms with Gasteiger partial charge in [0.25, 0.3) is 5.91 Å². The summed E-state index contributed by atoms with van der Waals surface area (Å²) in [6, 6.07) is -3.37. The van der Waals surface area contributed by atoms with E-state index in [1.165, 1.54) is 0 Å². The number of hydrogen-bond acceptors (Lipinski definition) is 7. The summed E-state index contributed by atoms with van der Waals surface area (Å²) in [6.45, 7) is 13.5. The number of ketones is 1. The Bertz CT molecular complexity index is 1410. The smallest absolute Gasteiger partial charge is 0.315 e. The number of hydrogen-bond donors (Lipinski definition) is 4. The van der Waals surface area contributed by atoms with Crippen LogP contribution >= 0.6 is 0 Å². The second kappa shape index (κ2) is 17.2. The third-order valence-electron chi connectivity index (χ3n) is 12.4.